The second-order valence-electron chi connectivity index (χ2n) is 10.8. The van der Waals surface area contributed by atoms with E-state index in [-0.39, 0.29) is 25.3 Å². The highest BCUT2D eigenvalue weighted by molar-refractivity contribution is 7.89. The monoisotopic (exact) mass is 512 g/mol. The second kappa shape index (κ2) is 9.27. The SMILES string of the molecule is C[C@@H]1CCC[C@H](C)N1C(=O)OC1([C@H]2COC[C@@H](CC3CC3)N2S(=O)(=O)c2cc(F)cc(F)c2)CC1. The number of piperidine rings is 1. The van der Waals surface area contributed by atoms with Crippen molar-refractivity contribution in [2.24, 2.45) is 5.92 Å². The van der Waals surface area contributed by atoms with Gasteiger partial charge in [-0.15, -0.1) is 0 Å². The molecule has 4 atom stereocenters. The van der Waals surface area contributed by atoms with E-state index in [1.807, 2.05) is 13.8 Å². The fourth-order valence-electron chi connectivity index (χ4n) is 5.81. The van der Waals surface area contributed by atoms with Gasteiger partial charge in [0, 0.05) is 24.2 Å². The van der Waals surface area contributed by atoms with Crippen molar-refractivity contribution in [1.29, 1.82) is 0 Å². The van der Waals surface area contributed by atoms with Gasteiger partial charge in [0.1, 0.15) is 17.2 Å². The summed E-state index contributed by atoms with van der Waals surface area (Å²) in [5, 5.41) is 0. The summed E-state index contributed by atoms with van der Waals surface area (Å²) in [6, 6.07) is 1.20. The minimum Gasteiger partial charge on any atom is -0.441 e. The quantitative estimate of drug-likeness (QED) is 0.563. The molecule has 2 heterocycles. The number of ether oxygens (including phenoxy) is 2. The maximum Gasteiger partial charge on any atom is 0.410 e. The Bertz CT molecular complexity index is 1050. The van der Waals surface area contributed by atoms with Gasteiger partial charge in [0.15, 0.2) is 0 Å². The third-order valence-corrected chi connectivity index (χ3v) is 9.95. The Morgan fingerprint density at radius 2 is 1.69 bits per heavy atom. The first-order chi connectivity index (χ1) is 16.6. The van der Waals surface area contributed by atoms with Crippen LogP contribution in [0.15, 0.2) is 23.1 Å². The molecule has 0 aromatic heterocycles. The van der Waals surface area contributed by atoms with Gasteiger partial charge in [-0.3, -0.25) is 0 Å². The molecular weight excluding hydrogens is 478 g/mol. The maximum atomic E-state index is 14.0. The van der Waals surface area contributed by atoms with E-state index in [9.17, 15) is 22.0 Å². The zero-order valence-electron chi connectivity index (χ0n) is 20.3. The van der Waals surface area contributed by atoms with Crippen LogP contribution in [0.2, 0.25) is 0 Å². The highest BCUT2D eigenvalue weighted by atomic mass is 32.2. The minimum atomic E-state index is -4.28. The Labute approximate surface area is 205 Å². The molecule has 2 aliphatic heterocycles. The molecule has 1 aromatic carbocycles. The molecule has 0 spiro atoms. The first-order valence-electron chi connectivity index (χ1n) is 12.7. The second-order valence-corrected chi connectivity index (χ2v) is 12.6. The molecule has 5 rings (SSSR count). The first kappa shape index (κ1) is 24.9. The summed E-state index contributed by atoms with van der Waals surface area (Å²) in [4.78, 5) is 14.6. The van der Waals surface area contributed by atoms with Crippen LogP contribution in [0.5, 0.6) is 0 Å². The van der Waals surface area contributed by atoms with Crippen LogP contribution >= 0.6 is 0 Å². The molecule has 35 heavy (non-hydrogen) atoms. The molecule has 2 aliphatic carbocycles. The molecule has 0 unspecified atom stereocenters. The predicted octanol–water partition coefficient (Wildman–Crippen LogP) is 4.46. The van der Waals surface area contributed by atoms with E-state index in [0.29, 0.717) is 31.2 Å². The highest BCUT2D eigenvalue weighted by Crippen LogP contribution is 2.49. The average molecular weight is 513 g/mol. The van der Waals surface area contributed by atoms with Crippen molar-refractivity contribution in [2.45, 2.75) is 99.9 Å². The Morgan fingerprint density at radius 3 is 2.26 bits per heavy atom. The summed E-state index contributed by atoms with van der Waals surface area (Å²) in [7, 11) is -4.28. The van der Waals surface area contributed by atoms with Crippen LogP contribution in [0.4, 0.5) is 13.6 Å². The lowest BCUT2D eigenvalue weighted by molar-refractivity contribution is -0.0778. The third-order valence-electron chi connectivity index (χ3n) is 8.01. The van der Waals surface area contributed by atoms with Gasteiger partial charge < -0.3 is 14.4 Å². The van der Waals surface area contributed by atoms with Crippen molar-refractivity contribution in [3.8, 4) is 0 Å². The number of hydrogen-bond donors (Lipinski definition) is 0. The van der Waals surface area contributed by atoms with Crippen LogP contribution < -0.4 is 0 Å². The molecule has 2 saturated heterocycles. The summed E-state index contributed by atoms with van der Waals surface area (Å²) in [5.74, 6) is -1.50. The van der Waals surface area contributed by atoms with Crippen LogP contribution in [0, 0.1) is 17.6 Å². The summed E-state index contributed by atoms with van der Waals surface area (Å²) < 4.78 is 69.1. The third kappa shape index (κ3) is 4.93. The van der Waals surface area contributed by atoms with Gasteiger partial charge >= 0.3 is 6.09 Å². The Hall–Kier alpha value is -1.78. The van der Waals surface area contributed by atoms with Gasteiger partial charge in [0.25, 0.3) is 0 Å². The topological polar surface area (TPSA) is 76.2 Å². The zero-order valence-corrected chi connectivity index (χ0v) is 21.1. The van der Waals surface area contributed by atoms with E-state index in [0.717, 1.165) is 44.2 Å². The van der Waals surface area contributed by atoms with Crippen LogP contribution in [-0.2, 0) is 19.5 Å². The molecule has 0 N–H and O–H groups in total. The Balaban J connectivity index is 1.46. The van der Waals surface area contributed by atoms with E-state index in [4.69, 9.17) is 9.47 Å². The number of morpholine rings is 1. The van der Waals surface area contributed by atoms with E-state index >= 15 is 0 Å². The first-order valence-corrected chi connectivity index (χ1v) is 14.1. The normalized spacial score (nSPS) is 31.3. The van der Waals surface area contributed by atoms with Gasteiger partial charge in [0.05, 0.1) is 24.2 Å². The number of rotatable bonds is 6. The summed E-state index contributed by atoms with van der Waals surface area (Å²) in [5.41, 5.74) is -1.00. The number of halogens is 2. The Morgan fingerprint density at radius 1 is 1.06 bits per heavy atom. The van der Waals surface area contributed by atoms with Crippen LogP contribution in [0.3, 0.4) is 0 Å². The van der Waals surface area contributed by atoms with Gasteiger partial charge in [-0.25, -0.2) is 22.0 Å². The van der Waals surface area contributed by atoms with Crippen LogP contribution in [-0.4, -0.2) is 66.7 Å². The van der Waals surface area contributed by atoms with Gasteiger partial charge in [-0.05, 0) is 70.4 Å². The molecular formula is C25H34F2N2O5S. The lowest BCUT2D eigenvalue weighted by Gasteiger charge is -2.45. The van der Waals surface area contributed by atoms with Crippen molar-refractivity contribution in [2.75, 3.05) is 13.2 Å². The molecule has 4 aliphatic rings. The number of carbonyl (C=O) groups is 1. The number of nitrogens with zero attached hydrogens (tertiary/aromatic N) is 2. The fraction of sp³-hybridized carbons (Fsp3) is 0.720. The number of carbonyl (C=O) groups excluding carboxylic acids is 1. The maximum absolute atomic E-state index is 14.0. The molecule has 1 amide bonds. The summed E-state index contributed by atoms with van der Waals surface area (Å²) in [6.07, 6.45) is 6.10. The molecule has 1 aromatic rings. The smallest absolute Gasteiger partial charge is 0.410 e. The zero-order chi connectivity index (χ0) is 25.0. The molecule has 194 valence electrons. The average Bonchev–Trinajstić information content (AvgIpc) is 3.70. The summed E-state index contributed by atoms with van der Waals surface area (Å²) >= 11 is 0. The van der Waals surface area contributed by atoms with Crippen molar-refractivity contribution in [3.05, 3.63) is 29.8 Å². The number of benzene rings is 1. The summed E-state index contributed by atoms with van der Waals surface area (Å²) in [6.45, 7) is 4.27. The van der Waals surface area contributed by atoms with Crippen molar-refractivity contribution < 1.29 is 31.5 Å². The predicted molar refractivity (Wildman–Crippen MR) is 124 cm³/mol. The standard InChI is InChI=1S/C25H34F2N2O5S/c1-16-4-3-5-17(2)28(16)24(30)34-25(8-9-25)23-15-33-14-21(10-18-6-7-18)29(23)35(31,32)22-12-19(26)11-20(27)13-22/h11-13,16-18,21,23H,3-10,14-15H2,1-2H3/t16-,17+,21-,23-/m1/s1. The van der Waals surface area contributed by atoms with Crippen LogP contribution in [0.1, 0.15) is 65.2 Å². The highest BCUT2D eigenvalue weighted by Gasteiger charge is 2.61. The van der Waals surface area contributed by atoms with Gasteiger partial charge in [0.2, 0.25) is 10.0 Å². The fourth-order valence-corrected chi connectivity index (χ4v) is 7.70. The minimum absolute atomic E-state index is 0.0439. The number of likely N-dealkylation sites (tertiary alicyclic amines) is 1. The van der Waals surface area contributed by atoms with E-state index in [1.54, 1.807) is 4.90 Å². The molecule has 0 radical (unpaired) electrons. The molecule has 2 saturated carbocycles. The van der Waals surface area contributed by atoms with Crippen LogP contribution in [0.25, 0.3) is 0 Å². The molecule has 7 nitrogen and oxygen atoms in total. The number of amides is 1. The van der Waals surface area contributed by atoms with E-state index in [2.05, 4.69) is 0 Å². The van der Waals surface area contributed by atoms with Gasteiger partial charge in [-0.2, -0.15) is 4.31 Å². The van der Waals surface area contributed by atoms with Crippen molar-refractivity contribution >= 4 is 16.1 Å². The number of sulfonamides is 1. The Kier molecular flexibility index (Phi) is 6.59. The largest absolute Gasteiger partial charge is 0.441 e. The van der Waals surface area contributed by atoms with Gasteiger partial charge in [-0.1, -0.05) is 12.8 Å². The molecule has 0 bridgehead atoms. The lowest BCUT2D eigenvalue weighted by atomic mass is 9.98. The number of hydrogen-bond acceptors (Lipinski definition) is 5. The molecule has 4 fully saturated rings. The van der Waals surface area contributed by atoms with E-state index in [1.165, 1.54) is 4.31 Å². The molecule has 10 heteroatoms. The van der Waals surface area contributed by atoms with Crippen molar-refractivity contribution in [3.63, 3.8) is 0 Å². The van der Waals surface area contributed by atoms with E-state index < -0.39 is 50.3 Å². The van der Waals surface area contributed by atoms with Crippen molar-refractivity contribution in [1.82, 2.24) is 9.21 Å². The lowest BCUT2D eigenvalue weighted by Crippen LogP contribution is -2.61.